The normalized spacial score (nSPS) is 25.8. The number of aromatic hydroxyl groups is 2. The molecule has 0 amide bonds. The highest BCUT2D eigenvalue weighted by Crippen LogP contribution is 2.61. The molecule has 3 nitrogen and oxygen atoms in total. The second-order valence-electron chi connectivity index (χ2n) is 6.20. The SMILES string of the molecule is Oc1c2c(c(O)n1-c1cccc(C(F)(F)F)c1)C1CC2C[C@@H]1S. The molecule has 7 heteroatoms. The van der Waals surface area contributed by atoms with Gasteiger partial charge in [-0.2, -0.15) is 25.8 Å². The molecule has 2 unspecified atom stereocenters. The van der Waals surface area contributed by atoms with E-state index in [1.165, 1.54) is 12.1 Å². The van der Waals surface area contributed by atoms with Crippen LogP contribution in [0.25, 0.3) is 5.69 Å². The van der Waals surface area contributed by atoms with Gasteiger partial charge < -0.3 is 10.2 Å². The first-order valence-electron chi connectivity index (χ1n) is 7.31. The molecule has 0 aliphatic heterocycles. The lowest BCUT2D eigenvalue weighted by atomic mass is 9.94. The molecule has 0 radical (unpaired) electrons. The number of nitrogens with zero attached hydrogens (tertiary/aromatic N) is 1. The second-order valence-corrected chi connectivity index (χ2v) is 6.86. The fourth-order valence-electron chi connectivity index (χ4n) is 3.98. The van der Waals surface area contributed by atoms with Gasteiger partial charge in [0, 0.05) is 22.3 Å². The molecule has 1 fully saturated rings. The highest BCUT2D eigenvalue weighted by Gasteiger charge is 2.48. The Morgan fingerprint density at radius 1 is 1.09 bits per heavy atom. The topological polar surface area (TPSA) is 45.4 Å². The Morgan fingerprint density at radius 3 is 2.48 bits per heavy atom. The summed E-state index contributed by atoms with van der Waals surface area (Å²) in [5, 5.41) is 21.1. The molecule has 2 aliphatic rings. The van der Waals surface area contributed by atoms with Gasteiger partial charge in [0.15, 0.2) is 0 Å². The van der Waals surface area contributed by atoms with E-state index >= 15 is 0 Å². The fourth-order valence-corrected chi connectivity index (χ4v) is 4.50. The van der Waals surface area contributed by atoms with Gasteiger partial charge in [-0.25, -0.2) is 0 Å². The van der Waals surface area contributed by atoms with E-state index in [4.69, 9.17) is 0 Å². The molecule has 0 saturated heterocycles. The Morgan fingerprint density at radius 2 is 1.78 bits per heavy atom. The number of hydrogen-bond acceptors (Lipinski definition) is 3. The molecule has 23 heavy (non-hydrogen) atoms. The van der Waals surface area contributed by atoms with Gasteiger partial charge in [-0.15, -0.1) is 0 Å². The van der Waals surface area contributed by atoms with Crippen LogP contribution in [-0.4, -0.2) is 20.0 Å². The van der Waals surface area contributed by atoms with Crippen LogP contribution in [0.4, 0.5) is 13.2 Å². The number of alkyl halides is 3. The molecule has 1 saturated carbocycles. The highest BCUT2D eigenvalue weighted by atomic mass is 32.1. The molecular formula is C16H14F3NO2S. The van der Waals surface area contributed by atoms with Crippen molar-refractivity contribution in [2.24, 2.45) is 0 Å². The van der Waals surface area contributed by atoms with Crippen LogP contribution in [0.1, 0.15) is 41.4 Å². The van der Waals surface area contributed by atoms with Crippen molar-refractivity contribution in [1.29, 1.82) is 0 Å². The smallest absolute Gasteiger partial charge is 0.416 e. The van der Waals surface area contributed by atoms with Crippen molar-refractivity contribution in [3.05, 3.63) is 41.0 Å². The zero-order valence-corrected chi connectivity index (χ0v) is 12.8. The van der Waals surface area contributed by atoms with Gasteiger partial charge in [0.2, 0.25) is 11.8 Å². The van der Waals surface area contributed by atoms with Crippen LogP contribution in [0.5, 0.6) is 11.8 Å². The zero-order valence-electron chi connectivity index (χ0n) is 11.9. The van der Waals surface area contributed by atoms with E-state index in [9.17, 15) is 23.4 Å². The van der Waals surface area contributed by atoms with Crippen molar-refractivity contribution in [1.82, 2.24) is 4.57 Å². The maximum absolute atomic E-state index is 12.9. The number of benzene rings is 1. The Hall–Kier alpha value is -1.76. The summed E-state index contributed by atoms with van der Waals surface area (Å²) in [6.45, 7) is 0. The van der Waals surface area contributed by atoms with E-state index < -0.39 is 11.7 Å². The van der Waals surface area contributed by atoms with E-state index in [0.717, 1.165) is 29.5 Å². The summed E-state index contributed by atoms with van der Waals surface area (Å²) in [6.07, 6.45) is -2.85. The fraction of sp³-hybridized carbons (Fsp3) is 0.375. The van der Waals surface area contributed by atoms with Gasteiger partial charge >= 0.3 is 6.18 Å². The van der Waals surface area contributed by atoms with Crippen molar-refractivity contribution in [3.63, 3.8) is 0 Å². The van der Waals surface area contributed by atoms with Crippen LogP contribution in [0.15, 0.2) is 24.3 Å². The molecule has 122 valence electrons. The number of rotatable bonds is 1. The summed E-state index contributed by atoms with van der Waals surface area (Å²) in [5.74, 6) is -0.195. The third kappa shape index (κ3) is 1.99. The maximum atomic E-state index is 12.9. The molecule has 2 N–H and O–H groups in total. The van der Waals surface area contributed by atoms with Crippen molar-refractivity contribution >= 4 is 12.6 Å². The minimum Gasteiger partial charge on any atom is -0.494 e. The minimum atomic E-state index is -4.48. The molecule has 1 aromatic heterocycles. The Bertz CT molecular complexity index is 799. The third-order valence-electron chi connectivity index (χ3n) is 4.94. The summed E-state index contributed by atoms with van der Waals surface area (Å²) in [7, 11) is 0. The van der Waals surface area contributed by atoms with Crippen molar-refractivity contribution in [2.45, 2.75) is 36.1 Å². The monoisotopic (exact) mass is 341 g/mol. The summed E-state index contributed by atoms with van der Waals surface area (Å²) < 4.78 is 39.8. The lowest BCUT2D eigenvalue weighted by Gasteiger charge is -2.16. The third-order valence-corrected chi connectivity index (χ3v) is 5.51. The number of halogens is 3. The molecule has 2 bridgehead atoms. The number of hydrogen-bond donors (Lipinski definition) is 3. The van der Waals surface area contributed by atoms with Crippen LogP contribution < -0.4 is 0 Å². The summed E-state index contributed by atoms with van der Waals surface area (Å²) >= 11 is 4.50. The predicted octanol–water partition coefficient (Wildman–Crippen LogP) is 4.18. The molecular weight excluding hydrogens is 327 g/mol. The van der Waals surface area contributed by atoms with Gasteiger partial charge in [0.05, 0.1) is 11.3 Å². The lowest BCUT2D eigenvalue weighted by molar-refractivity contribution is -0.137. The van der Waals surface area contributed by atoms with E-state index in [-0.39, 0.29) is 34.5 Å². The average molecular weight is 341 g/mol. The van der Waals surface area contributed by atoms with E-state index in [1.54, 1.807) is 0 Å². The van der Waals surface area contributed by atoms with Gasteiger partial charge in [-0.1, -0.05) is 6.07 Å². The highest BCUT2D eigenvalue weighted by molar-refractivity contribution is 7.81. The van der Waals surface area contributed by atoms with Crippen LogP contribution in [0, 0.1) is 0 Å². The Balaban J connectivity index is 1.88. The van der Waals surface area contributed by atoms with Crippen LogP contribution in [-0.2, 0) is 6.18 Å². The molecule has 3 atom stereocenters. The number of thiol groups is 1. The van der Waals surface area contributed by atoms with E-state index in [2.05, 4.69) is 12.6 Å². The number of fused-ring (bicyclic) bond motifs is 5. The van der Waals surface area contributed by atoms with Gasteiger partial charge in [-0.05, 0) is 37.0 Å². The molecule has 1 aromatic carbocycles. The van der Waals surface area contributed by atoms with Crippen LogP contribution in [0.3, 0.4) is 0 Å². The largest absolute Gasteiger partial charge is 0.494 e. The molecule has 4 rings (SSSR count). The summed E-state index contributed by atoms with van der Waals surface area (Å²) in [6, 6.07) is 4.58. The molecule has 2 aliphatic carbocycles. The maximum Gasteiger partial charge on any atom is 0.416 e. The van der Waals surface area contributed by atoms with Gasteiger partial charge in [-0.3, -0.25) is 4.57 Å². The lowest BCUT2D eigenvalue weighted by Crippen LogP contribution is -2.08. The standard InChI is InChI=1S/C16H14F3NO2S/c17-16(18,19)8-2-1-3-9(6-8)20-14(21)12-7-4-10(11(23)5-7)13(12)15(20)22/h1-3,6-7,10-11,21-23H,4-5H2/t7?,10?,11-/m0/s1. The summed E-state index contributed by atoms with van der Waals surface area (Å²) in [5.41, 5.74) is 0.573. The van der Waals surface area contributed by atoms with Crippen LogP contribution >= 0.6 is 12.6 Å². The Labute approximate surface area is 135 Å². The van der Waals surface area contributed by atoms with Crippen molar-refractivity contribution in [3.8, 4) is 17.4 Å². The summed E-state index contributed by atoms with van der Waals surface area (Å²) in [4.78, 5) is 0. The van der Waals surface area contributed by atoms with Crippen LogP contribution in [0.2, 0.25) is 0 Å². The predicted molar refractivity (Wildman–Crippen MR) is 81.6 cm³/mol. The number of aromatic nitrogens is 1. The quantitative estimate of drug-likeness (QED) is 0.682. The van der Waals surface area contributed by atoms with Crippen molar-refractivity contribution < 1.29 is 23.4 Å². The van der Waals surface area contributed by atoms with Crippen molar-refractivity contribution in [2.75, 3.05) is 0 Å². The Kier molecular flexibility index (Phi) is 2.98. The molecule has 2 aromatic rings. The average Bonchev–Trinajstić information content (AvgIpc) is 3.10. The molecule has 1 heterocycles. The van der Waals surface area contributed by atoms with E-state index in [1.807, 2.05) is 0 Å². The molecule has 0 spiro atoms. The van der Waals surface area contributed by atoms with Gasteiger partial charge in [0.1, 0.15) is 0 Å². The first kappa shape index (κ1) is 14.8. The minimum absolute atomic E-state index is 0.0382. The first-order valence-corrected chi connectivity index (χ1v) is 7.82. The van der Waals surface area contributed by atoms with Gasteiger partial charge in [0.25, 0.3) is 0 Å². The van der Waals surface area contributed by atoms with E-state index in [0.29, 0.717) is 11.1 Å². The first-order chi connectivity index (χ1) is 10.8. The zero-order chi connectivity index (χ0) is 16.5. The second kappa shape index (κ2) is 4.63.